The summed E-state index contributed by atoms with van der Waals surface area (Å²) < 4.78 is 11.3. The average Bonchev–Trinajstić information content (AvgIpc) is 3.15. The minimum Gasteiger partial charge on any atom is -0.454 e. The van der Waals surface area contributed by atoms with Gasteiger partial charge in [-0.15, -0.1) is 0 Å². The first-order chi connectivity index (χ1) is 12.9. The predicted molar refractivity (Wildman–Crippen MR) is 101 cm³/mol. The van der Waals surface area contributed by atoms with Crippen LogP contribution in [0.3, 0.4) is 0 Å². The third-order valence-electron chi connectivity index (χ3n) is 5.31. The summed E-state index contributed by atoms with van der Waals surface area (Å²) in [6.45, 7) is 2.29. The number of ether oxygens (including phenoxy) is 2. The molecule has 0 saturated heterocycles. The zero-order valence-electron chi connectivity index (χ0n) is 14.6. The van der Waals surface area contributed by atoms with Gasteiger partial charge < -0.3 is 9.47 Å². The Bertz CT molecular complexity index is 908. The first-order valence-electron chi connectivity index (χ1n) is 9.14. The van der Waals surface area contributed by atoms with Crippen LogP contribution in [0.5, 0.6) is 11.5 Å². The van der Waals surface area contributed by atoms with Crippen LogP contribution in [0.25, 0.3) is 0 Å². The summed E-state index contributed by atoms with van der Waals surface area (Å²) in [5.74, 6) is 1.75. The van der Waals surface area contributed by atoms with Gasteiger partial charge in [-0.05, 0) is 40.8 Å². The maximum atomic E-state index is 5.66. The van der Waals surface area contributed by atoms with Gasteiger partial charge >= 0.3 is 0 Å². The quantitative estimate of drug-likeness (QED) is 0.696. The number of benzene rings is 3. The number of fused-ring (bicyclic) bond motifs is 2. The molecule has 3 nitrogen and oxygen atoms in total. The molecule has 26 heavy (non-hydrogen) atoms. The highest BCUT2D eigenvalue weighted by atomic mass is 16.7. The van der Waals surface area contributed by atoms with Gasteiger partial charge in [0, 0.05) is 13.1 Å². The van der Waals surface area contributed by atoms with E-state index in [1.807, 2.05) is 0 Å². The van der Waals surface area contributed by atoms with Crippen LogP contribution in [-0.4, -0.2) is 18.2 Å². The summed E-state index contributed by atoms with van der Waals surface area (Å²) in [4.78, 5) is 2.56. The molecule has 5 rings (SSSR count). The molecule has 1 atom stereocenters. The van der Waals surface area contributed by atoms with Crippen molar-refractivity contribution < 1.29 is 9.47 Å². The zero-order valence-corrected chi connectivity index (χ0v) is 14.6. The third kappa shape index (κ3) is 2.74. The van der Waals surface area contributed by atoms with Gasteiger partial charge in [-0.25, -0.2) is 0 Å². The van der Waals surface area contributed by atoms with Crippen LogP contribution < -0.4 is 9.47 Å². The fourth-order valence-electron chi connectivity index (χ4n) is 4.07. The smallest absolute Gasteiger partial charge is 0.231 e. The SMILES string of the molecule is c1ccc(CN2CCc3cc4c(cc3[C@H]2c2ccccc2)OCO4)cc1. The van der Waals surface area contributed by atoms with E-state index in [1.165, 1.54) is 22.3 Å². The molecule has 2 heterocycles. The van der Waals surface area contributed by atoms with E-state index in [0.29, 0.717) is 6.79 Å². The van der Waals surface area contributed by atoms with Crippen LogP contribution in [0.4, 0.5) is 0 Å². The van der Waals surface area contributed by atoms with Gasteiger partial charge in [0.1, 0.15) is 0 Å². The van der Waals surface area contributed by atoms with Crippen LogP contribution in [-0.2, 0) is 13.0 Å². The largest absolute Gasteiger partial charge is 0.454 e. The van der Waals surface area contributed by atoms with Crippen molar-refractivity contribution in [3.8, 4) is 11.5 Å². The fraction of sp³-hybridized carbons (Fsp3) is 0.217. The minimum absolute atomic E-state index is 0.231. The van der Waals surface area contributed by atoms with E-state index in [1.54, 1.807) is 0 Å². The zero-order chi connectivity index (χ0) is 17.3. The monoisotopic (exact) mass is 343 g/mol. The Balaban J connectivity index is 1.58. The first kappa shape index (κ1) is 15.5. The molecule has 0 saturated carbocycles. The summed E-state index contributed by atoms with van der Waals surface area (Å²) in [6, 6.07) is 26.1. The van der Waals surface area contributed by atoms with Gasteiger partial charge in [0.15, 0.2) is 11.5 Å². The van der Waals surface area contributed by atoms with E-state index >= 15 is 0 Å². The number of rotatable bonds is 3. The highest BCUT2D eigenvalue weighted by Gasteiger charge is 2.31. The number of nitrogens with zero attached hydrogens (tertiary/aromatic N) is 1. The normalized spacial score (nSPS) is 18.5. The molecule has 0 spiro atoms. The van der Waals surface area contributed by atoms with Crippen LogP contribution in [0, 0.1) is 0 Å². The van der Waals surface area contributed by atoms with E-state index in [9.17, 15) is 0 Å². The number of hydrogen-bond donors (Lipinski definition) is 0. The molecule has 0 aliphatic carbocycles. The Morgan fingerprint density at radius 3 is 2.31 bits per heavy atom. The van der Waals surface area contributed by atoms with Gasteiger partial charge in [-0.2, -0.15) is 0 Å². The lowest BCUT2D eigenvalue weighted by atomic mass is 9.87. The van der Waals surface area contributed by atoms with E-state index in [-0.39, 0.29) is 6.04 Å². The van der Waals surface area contributed by atoms with Gasteiger partial charge in [0.2, 0.25) is 6.79 Å². The van der Waals surface area contributed by atoms with Crippen molar-refractivity contribution in [1.29, 1.82) is 0 Å². The maximum Gasteiger partial charge on any atom is 0.231 e. The molecule has 3 aromatic rings. The third-order valence-corrected chi connectivity index (χ3v) is 5.31. The minimum atomic E-state index is 0.231. The molecule has 0 aromatic heterocycles. The van der Waals surface area contributed by atoms with Crippen molar-refractivity contribution in [2.75, 3.05) is 13.3 Å². The summed E-state index contributed by atoms with van der Waals surface area (Å²) >= 11 is 0. The van der Waals surface area contributed by atoms with Crippen LogP contribution >= 0.6 is 0 Å². The van der Waals surface area contributed by atoms with Crippen LogP contribution in [0.1, 0.15) is 28.3 Å². The molecule has 3 aromatic carbocycles. The Kier molecular flexibility index (Phi) is 3.87. The Morgan fingerprint density at radius 2 is 1.54 bits per heavy atom. The molecular formula is C23H21NO2. The Labute approximate surface area is 153 Å². The Hall–Kier alpha value is -2.78. The molecule has 3 heteroatoms. The molecule has 2 aliphatic rings. The van der Waals surface area contributed by atoms with Crippen LogP contribution in [0.15, 0.2) is 72.8 Å². The highest BCUT2D eigenvalue weighted by molar-refractivity contribution is 5.52. The van der Waals surface area contributed by atoms with Crippen molar-refractivity contribution in [3.05, 3.63) is 95.1 Å². The molecule has 2 aliphatic heterocycles. The van der Waals surface area contributed by atoms with Gasteiger partial charge in [-0.3, -0.25) is 4.90 Å². The summed E-state index contributed by atoms with van der Waals surface area (Å²) in [7, 11) is 0. The van der Waals surface area contributed by atoms with Crippen molar-refractivity contribution >= 4 is 0 Å². The van der Waals surface area contributed by atoms with Gasteiger partial charge in [0.25, 0.3) is 0 Å². The van der Waals surface area contributed by atoms with Crippen molar-refractivity contribution in [1.82, 2.24) is 4.90 Å². The highest BCUT2D eigenvalue weighted by Crippen LogP contribution is 2.43. The van der Waals surface area contributed by atoms with E-state index in [2.05, 4.69) is 77.7 Å². The molecule has 0 unspecified atom stereocenters. The lowest BCUT2D eigenvalue weighted by molar-refractivity contribution is 0.174. The summed E-state index contributed by atoms with van der Waals surface area (Å²) in [5.41, 5.74) is 5.37. The lowest BCUT2D eigenvalue weighted by Crippen LogP contribution is -2.35. The van der Waals surface area contributed by atoms with E-state index in [4.69, 9.17) is 9.47 Å². The molecular weight excluding hydrogens is 322 g/mol. The second-order valence-electron chi connectivity index (χ2n) is 6.92. The fourth-order valence-corrected chi connectivity index (χ4v) is 4.07. The summed E-state index contributed by atoms with van der Waals surface area (Å²) in [5, 5.41) is 0. The topological polar surface area (TPSA) is 21.7 Å². The van der Waals surface area contributed by atoms with E-state index < -0.39 is 0 Å². The lowest BCUT2D eigenvalue weighted by Gasteiger charge is -2.38. The van der Waals surface area contributed by atoms with Crippen molar-refractivity contribution in [2.45, 2.75) is 19.0 Å². The van der Waals surface area contributed by atoms with E-state index in [0.717, 1.165) is 31.0 Å². The summed E-state index contributed by atoms with van der Waals surface area (Å²) in [6.07, 6.45) is 1.03. The molecule has 0 radical (unpaired) electrons. The second-order valence-corrected chi connectivity index (χ2v) is 6.92. The maximum absolute atomic E-state index is 5.66. The Morgan fingerprint density at radius 1 is 0.846 bits per heavy atom. The van der Waals surface area contributed by atoms with Crippen molar-refractivity contribution in [3.63, 3.8) is 0 Å². The van der Waals surface area contributed by atoms with Gasteiger partial charge in [-0.1, -0.05) is 60.7 Å². The van der Waals surface area contributed by atoms with Gasteiger partial charge in [0.05, 0.1) is 6.04 Å². The molecule has 130 valence electrons. The second kappa shape index (κ2) is 6.50. The predicted octanol–water partition coefficient (Wildman–Crippen LogP) is 4.56. The molecule has 0 fully saturated rings. The first-order valence-corrected chi connectivity index (χ1v) is 9.14. The molecule has 0 amide bonds. The number of hydrogen-bond acceptors (Lipinski definition) is 3. The molecule has 0 N–H and O–H groups in total. The van der Waals surface area contributed by atoms with Crippen LogP contribution in [0.2, 0.25) is 0 Å². The molecule has 0 bridgehead atoms. The standard InChI is InChI=1S/C23H21NO2/c1-3-7-17(8-4-1)15-24-12-11-19-13-21-22(26-16-25-21)14-20(19)23(24)18-9-5-2-6-10-18/h1-10,13-14,23H,11-12,15-16H2/t23-/m1/s1. The average molecular weight is 343 g/mol. The van der Waals surface area contributed by atoms with Crippen molar-refractivity contribution in [2.24, 2.45) is 0 Å².